The molecule has 1 rings (SSSR count). The van der Waals surface area contributed by atoms with Gasteiger partial charge in [0, 0.05) is 17.5 Å². The van der Waals surface area contributed by atoms with Crippen molar-refractivity contribution >= 4 is 0 Å². The summed E-state index contributed by atoms with van der Waals surface area (Å²) in [6.07, 6.45) is 15.0. The lowest BCUT2D eigenvalue weighted by Crippen LogP contribution is -2.34. The summed E-state index contributed by atoms with van der Waals surface area (Å²) in [7, 11) is 0. The van der Waals surface area contributed by atoms with Gasteiger partial charge in [-0.3, -0.25) is 0 Å². The minimum absolute atomic E-state index is 1.19. The number of hydrogen-bond donors (Lipinski definition) is 0. The molecule has 0 aliphatic carbocycles. The van der Waals surface area contributed by atoms with Gasteiger partial charge in [-0.15, -0.1) is 0 Å². The van der Waals surface area contributed by atoms with Crippen molar-refractivity contribution in [3.8, 4) is 0 Å². The molecular formula is C17H30N+. The standard InChI is InChI=1S/C17H30N/c1-4-7-8-9-12-18-14-16(10-5-2)13-17(15-18)11-6-3/h13-15H,4-12H2,1-3H3/q+1. The van der Waals surface area contributed by atoms with E-state index in [1.807, 2.05) is 0 Å². The van der Waals surface area contributed by atoms with Crippen molar-refractivity contribution in [2.75, 3.05) is 0 Å². The molecule has 0 aliphatic heterocycles. The SMILES string of the molecule is CCCCCC[n+]1cc(CCC)cc(CCC)c1. The largest absolute Gasteiger partial charge is 0.205 e. The van der Waals surface area contributed by atoms with Crippen molar-refractivity contribution in [3.63, 3.8) is 0 Å². The minimum Gasteiger partial charge on any atom is -0.205 e. The van der Waals surface area contributed by atoms with Crippen LogP contribution in [0, 0.1) is 0 Å². The quantitative estimate of drug-likeness (QED) is 0.449. The van der Waals surface area contributed by atoms with Crippen molar-refractivity contribution in [1.82, 2.24) is 0 Å². The topological polar surface area (TPSA) is 3.88 Å². The van der Waals surface area contributed by atoms with Crippen molar-refractivity contribution in [2.45, 2.75) is 78.7 Å². The summed E-state index contributed by atoms with van der Waals surface area (Å²) in [6.45, 7) is 7.98. The molecule has 102 valence electrons. The van der Waals surface area contributed by atoms with Gasteiger partial charge in [0.2, 0.25) is 0 Å². The Morgan fingerprint density at radius 2 is 1.39 bits per heavy atom. The summed E-state index contributed by atoms with van der Waals surface area (Å²) in [4.78, 5) is 0. The summed E-state index contributed by atoms with van der Waals surface area (Å²) in [5.74, 6) is 0. The molecule has 0 radical (unpaired) electrons. The van der Waals surface area contributed by atoms with Gasteiger partial charge >= 0.3 is 0 Å². The van der Waals surface area contributed by atoms with Crippen LogP contribution in [0.2, 0.25) is 0 Å². The molecule has 1 nitrogen and oxygen atoms in total. The van der Waals surface area contributed by atoms with Crippen molar-refractivity contribution in [2.24, 2.45) is 0 Å². The van der Waals surface area contributed by atoms with Gasteiger partial charge in [0.25, 0.3) is 0 Å². The minimum atomic E-state index is 1.19. The van der Waals surface area contributed by atoms with Crippen LogP contribution in [0.5, 0.6) is 0 Å². The van der Waals surface area contributed by atoms with E-state index in [0.717, 1.165) is 0 Å². The van der Waals surface area contributed by atoms with E-state index in [4.69, 9.17) is 0 Å². The molecule has 0 saturated carbocycles. The lowest BCUT2D eigenvalue weighted by molar-refractivity contribution is -0.698. The van der Waals surface area contributed by atoms with Crippen molar-refractivity contribution in [3.05, 3.63) is 29.6 Å². The van der Waals surface area contributed by atoms with Crippen LogP contribution in [0.15, 0.2) is 18.5 Å². The van der Waals surface area contributed by atoms with Crippen LogP contribution >= 0.6 is 0 Å². The lowest BCUT2D eigenvalue weighted by atomic mass is 10.1. The lowest BCUT2D eigenvalue weighted by Gasteiger charge is -2.04. The Hall–Kier alpha value is -0.850. The van der Waals surface area contributed by atoms with Crippen LogP contribution in [-0.2, 0) is 19.4 Å². The van der Waals surface area contributed by atoms with E-state index in [1.54, 1.807) is 0 Å². The molecule has 0 aliphatic rings. The van der Waals surface area contributed by atoms with E-state index in [1.165, 1.54) is 69.0 Å². The van der Waals surface area contributed by atoms with Gasteiger partial charge < -0.3 is 0 Å². The Balaban J connectivity index is 2.63. The number of unbranched alkanes of at least 4 members (excludes halogenated alkanes) is 3. The highest BCUT2D eigenvalue weighted by Gasteiger charge is 2.06. The normalized spacial score (nSPS) is 10.8. The molecule has 0 fully saturated rings. The fourth-order valence-corrected chi connectivity index (χ4v) is 2.48. The molecule has 1 heterocycles. The summed E-state index contributed by atoms with van der Waals surface area (Å²) in [5.41, 5.74) is 3.03. The first-order valence-corrected chi connectivity index (χ1v) is 7.82. The van der Waals surface area contributed by atoms with Gasteiger partial charge in [0.1, 0.15) is 6.54 Å². The number of pyridine rings is 1. The van der Waals surface area contributed by atoms with E-state index in [0.29, 0.717) is 0 Å². The Kier molecular flexibility index (Phi) is 7.71. The van der Waals surface area contributed by atoms with Gasteiger partial charge in [0.05, 0.1) is 0 Å². The molecule has 0 bridgehead atoms. The maximum atomic E-state index is 2.42. The van der Waals surface area contributed by atoms with Crippen molar-refractivity contribution in [1.29, 1.82) is 0 Å². The zero-order chi connectivity index (χ0) is 13.2. The number of aromatic nitrogens is 1. The maximum Gasteiger partial charge on any atom is 0.171 e. The molecule has 0 amide bonds. The summed E-state index contributed by atoms with van der Waals surface area (Å²) < 4.78 is 2.42. The highest BCUT2D eigenvalue weighted by atomic mass is 14.9. The second kappa shape index (κ2) is 9.13. The smallest absolute Gasteiger partial charge is 0.171 e. The first kappa shape index (κ1) is 15.2. The fraction of sp³-hybridized carbons (Fsp3) is 0.706. The average molecular weight is 248 g/mol. The number of nitrogens with zero attached hydrogens (tertiary/aromatic N) is 1. The molecule has 1 aromatic rings. The van der Waals surface area contributed by atoms with Gasteiger partial charge in [0.15, 0.2) is 12.4 Å². The molecular weight excluding hydrogens is 218 g/mol. The first-order chi connectivity index (χ1) is 8.80. The third-order valence-corrected chi connectivity index (χ3v) is 3.38. The molecule has 0 aromatic carbocycles. The molecule has 0 spiro atoms. The van der Waals surface area contributed by atoms with Crippen LogP contribution in [0.3, 0.4) is 0 Å². The molecule has 1 aromatic heterocycles. The second-order valence-corrected chi connectivity index (χ2v) is 5.35. The van der Waals surface area contributed by atoms with Gasteiger partial charge in [-0.25, -0.2) is 4.57 Å². The molecule has 18 heavy (non-hydrogen) atoms. The van der Waals surface area contributed by atoms with Crippen molar-refractivity contribution < 1.29 is 4.57 Å². The number of rotatable bonds is 9. The van der Waals surface area contributed by atoms with E-state index >= 15 is 0 Å². The molecule has 0 saturated heterocycles. The zero-order valence-corrected chi connectivity index (χ0v) is 12.5. The predicted octanol–water partition coefficient (Wildman–Crippen LogP) is 4.46. The average Bonchev–Trinajstić information content (AvgIpc) is 2.35. The highest BCUT2D eigenvalue weighted by Crippen LogP contribution is 2.07. The Morgan fingerprint density at radius 1 is 0.778 bits per heavy atom. The molecule has 0 N–H and O–H groups in total. The van der Waals surface area contributed by atoms with Crippen LogP contribution in [-0.4, -0.2) is 0 Å². The molecule has 0 atom stereocenters. The van der Waals surface area contributed by atoms with Gasteiger partial charge in [-0.2, -0.15) is 0 Å². The third-order valence-electron chi connectivity index (χ3n) is 3.38. The Morgan fingerprint density at radius 3 is 1.89 bits per heavy atom. The first-order valence-electron chi connectivity index (χ1n) is 7.82. The van der Waals surface area contributed by atoms with Crippen LogP contribution in [0.4, 0.5) is 0 Å². The third kappa shape index (κ3) is 5.66. The van der Waals surface area contributed by atoms with E-state index < -0.39 is 0 Å². The van der Waals surface area contributed by atoms with Gasteiger partial charge in [-0.1, -0.05) is 46.5 Å². The molecule has 0 unspecified atom stereocenters. The highest BCUT2D eigenvalue weighted by molar-refractivity contribution is 5.15. The fourth-order valence-electron chi connectivity index (χ4n) is 2.48. The Bertz CT molecular complexity index is 306. The second-order valence-electron chi connectivity index (χ2n) is 5.35. The van der Waals surface area contributed by atoms with Crippen LogP contribution < -0.4 is 4.57 Å². The number of hydrogen-bond acceptors (Lipinski definition) is 0. The monoisotopic (exact) mass is 248 g/mol. The van der Waals surface area contributed by atoms with Gasteiger partial charge in [-0.05, 0) is 25.3 Å². The van der Waals surface area contributed by atoms with E-state index in [2.05, 4.69) is 43.8 Å². The Labute approximate surface area is 113 Å². The predicted molar refractivity (Wildman–Crippen MR) is 78.8 cm³/mol. The number of aryl methyl sites for hydroxylation is 3. The summed E-state index contributed by atoms with van der Waals surface area (Å²) in [6, 6.07) is 2.40. The zero-order valence-electron chi connectivity index (χ0n) is 12.5. The maximum absolute atomic E-state index is 2.42. The summed E-state index contributed by atoms with van der Waals surface area (Å²) >= 11 is 0. The van der Waals surface area contributed by atoms with E-state index in [-0.39, 0.29) is 0 Å². The van der Waals surface area contributed by atoms with Crippen LogP contribution in [0.25, 0.3) is 0 Å². The van der Waals surface area contributed by atoms with E-state index in [9.17, 15) is 0 Å². The summed E-state index contributed by atoms with van der Waals surface area (Å²) in [5, 5.41) is 0. The van der Waals surface area contributed by atoms with Crippen LogP contribution in [0.1, 0.15) is 70.4 Å². The molecule has 1 heteroatoms.